The van der Waals surface area contributed by atoms with Crippen LogP contribution in [0.3, 0.4) is 0 Å². The summed E-state index contributed by atoms with van der Waals surface area (Å²) in [6.07, 6.45) is 20.9. The maximum Gasteiger partial charge on any atom is 0.307 e. The molecule has 0 bridgehead atoms. The van der Waals surface area contributed by atoms with E-state index in [4.69, 9.17) is 10.2 Å². The van der Waals surface area contributed by atoms with Crippen molar-refractivity contribution in [2.75, 3.05) is 6.54 Å². The van der Waals surface area contributed by atoms with Crippen molar-refractivity contribution in [1.82, 2.24) is 0 Å². The van der Waals surface area contributed by atoms with Gasteiger partial charge in [0.2, 0.25) is 0 Å². The second-order valence-corrected chi connectivity index (χ2v) is 10.4. The molecule has 0 aliphatic rings. The van der Waals surface area contributed by atoms with Gasteiger partial charge in [0.15, 0.2) is 0 Å². The molecule has 0 saturated carbocycles. The first-order valence-electron chi connectivity index (χ1n) is 15.1. The van der Waals surface area contributed by atoms with E-state index in [-0.39, 0.29) is 12.8 Å². The molecule has 0 amide bonds. The minimum absolute atomic E-state index is 0.0562. The minimum atomic E-state index is -0.804. The Kier molecular flexibility index (Phi) is 18.8. The number of unbranched alkanes of at least 4 members (excludes halogenated alkanes) is 5. The summed E-state index contributed by atoms with van der Waals surface area (Å²) in [7, 11) is 0. The van der Waals surface area contributed by atoms with Crippen molar-refractivity contribution >= 4 is 24.1 Å². The van der Waals surface area contributed by atoms with Crippen LogP contribution in [0.1, 0.15) is 112 Å². The Morgan fingerprint density at radius 3 is 1.62 bits per heavy atom. The minimum Gasteiger partial charge on any atom is -0.481 e. The van der Waals surface area contributed by atoms with E-state index in [0.717, 1.165) is 48.9 Å². The number of carboxylic acids is 2. The summed E-state index contributed by atoms with van der Waals surface area (Å²) in [6.45, 7) is 7.30. The highest BCUT2D eigenvalue weighted by molar-refractivity contribution is 5.71. The van der Waals surface area contributed by atoms with Gasteiger partial charge in [0, 0.05) is 6.42 Å². The number of quaternary nitrogens is 1. The number of hydrogen-bond donors (Lipinski definition) is 3. The maximum absolute atomic E-state index is 10.8. The first-order chi connectivity index (χ1) is 19.3. The topological polar surface area (TPSA) is 102 Å². The van der Waals surface area contributed by atoms with Crippen molar-refractivity contribution in [3.8, 4) is 0 Å². The summed E-state index contributed by atoms with van der Waals surface area (Å²) < 4.78 is 0. The molecule has 2 aromatic rings. The zero-order valence-corrected chi connectivity index (χ0v) is 25.1. The van der Waals surface area contributed by atoms with Gasteiger partial charge in [-0.15, -0.1) is 0 Å². The van der Waals surface area contributed by atoms with Crippen LogP contribution in [0.5, 0.6) is 0 Å². The van der Waals surface area contributed by atoms with Crippen molar-refractivity contribution in [3.05, 3.63) is 81.9 Å². The summed E-state index contributed by atoms with van der Waals surface area (Å²) in [5.41, 5.74) is 10.6. The molecule has 0 atom stereocenters. The molecule has 2 rings (SSSR count). The Hall–Kier alpha value is -3.18. The molecule has 0 aliphatic heterocycles. The molecule has 0 fully saturated rings. The Morgan fingerprint density at radius 2 is 1.18 bits per heavy atom. The molecular weight excluding hydrogens is 498 g/mol. The third-order valence-electron chi connectivity index (χ3n) is 6.51. The molecule has 2 aromatic carbocycles. The average molecular weight is 551 g/mol. The molecule has 0 heterocycles. The Bertz CT molecular complexity index is 1040. The Balaban J connectivity index is 0.000000402. The summed E-state index contributed by atoms with van der Waals surface area (Å²) in [6, 6.07) is 12.7. The fourth-order valence-corrected chi connectivity index (χ4v) is 4.50. The quantitative estimate of drug-likeness (QED) is 0.167. The van der Waals surface area contributed by atoms with E-state index in [1.165, 1.54) is 55.2 Å². The molecule has 0 aliphatic carbocycles. The van der Waals surface area contributed by atoms with E-state index in [1.54, 1.807) is 0 Å². The zero-order valence-electron chi connectivity index (χ0n) is 25.1. The van der Waals surface area contributed by atoms with Crippen molar-refractivity contribution in [2.45, 2.75) is 104 Å². The molecule has 0 saturated heterocycles. The van der Waals surface area contributed by atoms with Gasteiger partial charge in [-0.2, -0.15) is 0 Å². The highest BCUT2D eigenvalue weighted by Crippen LogP contribution is 2.18. The fraction of sp³-hybridized carbons (Fsp3) is 0.486. The monoisotopic (exact) mass is 550 g/mol. The molecule has 0 aromatic heterocycles. The highest BCUT2D eigenvalue weighted by Gasteiger charge is 2.05. The maximum atomic E-state index is 10.8. The number of benzene rings is 2. The van der Waals surface area contributed by atoms with Gasteiger partial charge in [0.25, 0.3) is 0 Å². The van der Waals surface area contributed by atoms with E-state index in [1.807, 2.05) is 24.3 Å². The molecule has 5 nitrogen and oxygen atoms in total. The molecule has 0 unspecified atom stereocenters. The largest absolute Gasteiger partial charge is 0.481 e. The van der Waals surface area contributed by atoms with Gasteiger partial charge in [-0.05, 0) is 84.0 Å². The fourth-order valence-electron chi connectivity index (χ4n) is 4.50. The van der Waals surface area contributed by atoms with Crippen molar-refractivity contribution < 1.29 is 25.5 Å². The Morgan fingerprint density at radius 1 is 0.650 bits per heavy atom. The molecule has 5 N–H and O–H groups in total. The van der Waals surface area contributed by atoms with Crippen LogP contribution in [-0.2, 0) is 35.3 Å². The molecule has 220 valence electrons. The van der Waals surface area contributed by atoms with E-state index >= 15 is 0 Å². The predicted octanol–water partition coefficient (Wildman–Crippen LogP) is 7.55. The normalized spacial score (nSPS) is 11.1. The van der Waals surface area contributed by atoms with Crippen molar-refractivity contribution in [2.24, 2.45) is 0 Å². The van der Waals surface area contributed by atoms with E-state index in [9.17, 15) is 9.59 Å². The van der Waals surface area contributed by atoms with Crippen LogP contribution in [0, 0.1) is 0 Å². The standard InChI is InChI=1S/C19H30O2.C16H21NO2/c1-3-5-7-9-16-13-17(10-8-6-4-2)15-18(14-16)11-12-19(20)21;1-2-3-4-6-13-9-14(7-5-8-17)11-15(10-13)12-16(18)19/h13-15H,3-12H2,1-2H3,(H,20,21);4-7,9-11H,2-3,8,12,17H2,1H3,(H,18,19)/p+1/b;6-4+,7-5+. The molecule has 0 spiro atoms. The van der Waals surface area contributed by atoms with Gasteiger partial charge >= 0.3 is 11.9 Å². The number of hydrogen-bond acceptors (Lipinski definition) is 2. The number of aryl methyl sites for hydroxylation is 3. The van der Waals surface area contributed by atoms with E-state index in [2.05, 4.69) is 62.9 Å². The van der Waals surface area contributed by atoms with Gasteiger partial charge < -0.3 is 15.9 Å². The molecule has 40 heavy (non-hydrogen) atoms. The lowest BCUT2D eigenvalue weighted by atomic mass is 9.96. The number of carbonyl (C=O) groups is 2. The van der Waals surface area contributed by atoms with E-state index in [0.29, 0.717) is 6.42 Å². The first kappa shape index (κ1) is 34.8. The van der Waals surface area contributed by atoms with Gasteiger partial charge in [0.1, 0.15) is 0 Å². The molecular formula is C35H52NO4+. The van der Waals surface area contributed by atoms with Gasteiger partial charge in [-0.1, -0.05) is 101 Å². The van der Waals surface area contributed by atoms with Crippen LogP contribution < -0.4 is 5.73 Å². The third kappa shape index (κ3) is 16.7. The smallest absolute Gasteiger partial charge is 0.307 e. The van der Waals surface area contributed by atoms with Gasteiger partial charge in [-0.3, -0.25) is 9.59 Å². The summed E-state index contributed by atoms with van der Waals surface area (Å²) >= 11 is 0. The first-order valence-corrected chi connectivity index (χ1v) is 15.1. The van der Waals surface area contributed by atoms with Crippen LogP contribution in [0.2, 0.25) is 0 Å². The third-order valence-corrected chi connectivity index (χ3v) is 6.51. The lowest BCUT2D eigenvalue weighted by molar-refractivity contribution is -0.352. The van der Waals surface area contributed by atoms with Gasteiger partial charge in [-0.25, -0.2) is 0 Å². The van der Waals surface area contributed by atoms with Crippen LogP contribution in [0.25, 0.3) is 12.2 Å². The molecule has 5 heteroatoms. The number of rotatable bonds is 18. The lowest BCUT2D eigenvalue weighted by Gasteiger charge is -2.10. The van der Waals surface area contributed by atoms with Crippen LogP contribution in [0.4, 0.5) is 0 Å². The summed E-state index contributed by atoms with van der Waals surface area (Å²) in [5, 5.41) is 17.8. The SMILES string of the molecule is CCC/C=C/c1cc(/C=C/C[NH3+])cc(CC(=O)O)c1.CCCCCc1cc(CCCCC)cc(CCC(=O)O)c1. The Labute approximate surface area is 242 Å². The van der Waals surface area contributed by atoms with Crippen LogP contribution in [0.15, 0.2) is 48.6 Å². The lowest BCUT2D eigenvalue weighted by Crippen LogP contribution is -2.48. The van der Waals surface area contributed by atoms with Crippen LogP contribution >= 0.6 is 0 Å². The van der Waals surface area contributed by atoms with E-state index < -0.39 is 11.9 Å². The van der Waals surface area contributed by atoms with Crippen molar-refractivity contribution in [1.29, 1.82) is 0 Å². The number of aliphatic carboxylic acids is 2. The predicted molar refractivity (Wildman–Crippen MR) is 167 cm³/mol. The molecule has 0 radical (unpaired) electrons. The summed E-state index contributed by atoms with van der Waals surface area (Å²) in [5.74, 6) is -1.51. The van der Waals surface area contributed by atoms with Crippen LogP contribution in [-0.4, -0.2) is 28.7 Å². The number of carboxylic acid groups (broad SMARTS) is 2. The summed E-state index contributed by atoms with van der Waals surface area (Å²) in [4.78, 5) is 21.6. The second-order valence-electron chi connectivity index (χ2n) is 10.4. The highest BCUT2D eigenvalue weighted by atomic mass is 16.4. The zero-order chi connectivity index (χ0) is 29.6. The van der Waals surface area contributed by atoms with Gasteiger partial charge in [0.05, 0.1) is 13.0 Å². The number of allylic oxidation sites excluding steroid dienone is 1. The average Bonchev–Trinajstić information content (AvgIpc) is 2.91. The van der Waals surface area contributed by atoms with Crippen molar-refractivity contribution in [3.63, 3.8) is 0 Å². The second kappa shape index (κ2) is 21.6.